The van der Waals surface area contributed by atoms with Gasteiger partial charge in [0.05, 0.1) is 17.2 Å². The van der Waals surface area contributed by atoms with Crippen LogP contribution in [-0.2, 0) is 9.53 Å². The molecular formula is C37H46O6. The molecule has 0 aromatic heterocycles. The Morgan fingerprint density at radius 2 is 1.02 bits per heavy atom. The second kappa shape index (κ2) is 18.6. The van der Waals surface area contributed by atoms with Crippen molar-refractivity contribution in [3.63, 3.8) is 0 Å². The Hall–Kier alpha value is -3.93. The summed E-state index contributed by atoms with van der Waals surface area (Å²) in [6.45, 7) is 6.27. The van der Waals surface area contributed by atoms with Gasteiger partial charge in [0.1, 0.15) is 11.5 Å². The van der Waals surface area contributed by atoms with E-state index in [1.165, 1.54) is 32.1 Å². The molecule has 0 amide bonds. The highest BCUT2D eigenvalue weighted by Crippen LogP contribution is 2.24. The van der Waals surface area contributed by atoms with Crippen LogP contribution in [0.4, 0.5) is 0 Å². The van der Waals surface area contributed by atoms with Crippen molar-refractivity contribution >= 4 is 17.9 Å². The van der Waals surface area contributed by atoms with Crippen molar-refractivity contribution in [1.29, 1.82) is 0 Å². The number of carbonyl (C=O) groups excluding carboxylic acids is 3. The number of rotatable bonds is 18. The van der Waals surface area contributed by atoms with Crippen LogP contribution >= 0.6 is 0 Å². The van der Waals surface area contributed by atoms with E-state index in [0.717, 1.165) is 49.7 Å². The molecule has 6 nitrogen and oxygen atoms in total. The molecule has 0 N–H and O–H groups in total. The van der Waals surface area contributed by atoms with E-state index in [2.05, 4.69) is 13.8 Å². The van der Waals surface area contributed by atoms with E-state index in [9.17, 15) is 14.4 Å². The normalized spacial score (nSPS) is 11.5. The standard InChI is InChI=1S/C37H46O6/c1-4-6-8-10-11-13-15-35(38)42-33-24-20-30(21-25-33)29-16-18-31(19-17-29)37(40)43-34-26-22-32(23-27-34)36(39)41-28(3)14-12-9-7-5-2/h16-28H,4-15H2,1-3H3. The number of benzene rings is 3. The Balaban J connectivity index is 1.45. The summed E-state index contributed by atoms with van der Waals surface area (Å²) in [5.41, 5.74) is 2.69. The molecule has 1 unspecified atom stereocenters. The van der Waals surface area contributed by atoms with Gasteiger partial charge in [0.2, 0.25) is 0 Å². The second-order valence-corrected chi connectivity index (χ2v) is 11.1. The van der Waals surface area contributed by atoms with Gasteiger partial charge in [-0.15, -0.1) is 0 Å². The highest BCUT2D eigenvalue weighted by Gasteiger charge is 2.14. The molecule has 3 rings (SSSR count). The van der Waals surface area contributed by atoms with Crippen molar-refractivity contribution in [3.05, 3.63) is 83.9 Å². The van der Waals surface area contributed by atoms with Crippen molar-refractivity contribution in [2.24, 2.45) is 0 Å². The van der Waals surface area contributed by atoms with Gasteiger partial charge < -0.3 is 14.2 Å². The lowest BCUT2D eigenvalue weighted by atomic mass is 10.0. The fraction of sp³-hybridized carbons (Fsp3) is 0.432. The molecule has 0 saturated heterocycles. The molecule has 0 aliphatic rings. The first-order chi connectivity index (χ1) is 20.9. The van der Waals surface area contributed by atoms with Gasteiger partial charge in [-0.05, 0) is 85.8 Å². The van der Waals surface area contributed by atoms with Gasteiger partial charge in [-0.1, -0.05) is 89.5 Å². The first-order valence-electron chi connectivity index (χ1n) is 15.8. The van der Waals surface area contributed by atoms with Crippen LogP contribution in [0.5, 0.6) is 11.5 Å². The van der Waals surface area contributed by atoms with E-state index >= 15 is 0 Å². The Morgan fingerprint density at radius 3 is 1.65 bits per heavy atom. The molecule has 1 atom stereocenters. The minimum Gasteiger partial charge on any atom is -0.459 e. The zero-order valence-corrected chi connectivity index (χ0v) is 25.9. The summed E-state index contributed by atoms with van der Waals surface area (Å²) < 4.78 is 16.5. The Bertz CT molecular complexity index is 1260. The summed E-state index contributed by atoms with van der Waals surface area (Å²) >= 11 is 0. The maximum absolute atomic E-state index is 12.7. The Labute approximate surface area is 256 Å². The summed E-state index contributed by atoms with van der Waals surface area (Å²) in [6, 6.07) is 20.8. The summed E-state index contributed by atoms with van der Waals surface area (Å²) in [7, 11) is 0. The molecule has 230 valence electrons. The van der Waals surface area contributed by atoms with Gasteiger partial charge in [-0.25, -0.2) is 9.59 Å². The molecule has 0 bridgehead atoms. The highest BCUT2D eigenvalue weighted by molar-refractivity contribution is 5.92. The topological polar surface area (TPSA) is 78.9 Å². The van der Waals surface area contributed by atoms with Gasteiger partial charge >= 0.3 is 17.9 Å². The van der Waals surface area contributed by atoms with E-state index in [4.69, 9.17) is 14.2 Å². The average molecular weight is 587 g/mol. The monoisotopic (exact) mass is 586 g/mol. The number of hydrogen-bond acceptors (Lipinski definition) is 6. The molecule has 3 aromatic rings. The minimum atomic E-state index is -0.491. The molecular weight excluding hydrogens is 540 g/mol. The molecule has 0 saturated carbocycles. The predicted octanol–water partition coefficient (Wildman–Crippen LogP) is 9.74. The molecule has 43 heavy (non-hydrogen) atoms. The molecule has 6 heteroatoms. The van der Waals surface area contributed by atoms with E-state index in [0.29, 0.717) is 29.0 Å². The van der Waals surface area contributed by atoms with Gasteiger partial charge in [0.25, 0.3) is 0 Å². The third-order valence-corrected chi connectivity index (χ3v) is 7.35. The van der Waals surface area contributed by atoms with E-state index in [1.54, 1.807) is 48.5 Å². The molecule has 3 aromatic carbocycles. The molecule has 0 radical (unpaired) electrons. The average Bonchev–Trinajstić information content (AvgIpc) is 3.02. The van der Waals surface area contributed by atoms with Gasteiger partial charge in [-0.2, -0.15) is 0 Å². The van der Waals surface area contributed by atoms with Gasteiger partial charge in [0, 0.05) is 6.42 Å². The van der Waals surface area contributed by atoms with Crippen LogP contribution in [0, 0.1) is 0 Å². The first kappa shape index (κ1) is 33.6. The lowest BCUT2D eigenvalue weighted by Gasteiger charge is -2.13. The fourth-order valence-corrected chi connectivity index (χ4v) is 4.74. The molecule has 0 fully saturated rings. The minimum absolute atomic E-state index is 0.139. The smallest absolute Gasteiger partial charge is 0.343 e. The maximum Gasteiger partial charge on any atom is 0.343 e. The summed E-state index contributed by atoms with van der Waals surface area (Å²) in [5, 5.41) is 0. The summed E-state index contributed by atoms with van der Waals surface area (Å²) in [4.78, 5) is 37.3. The number of hydrogen-bond donors (Lipinski definition) is 0. The number of unbranched alkanes of at least 4 members (excludes halogenated alkanes) is 8. The first-order valence-corrected chi connectivity index (χ1v) is 15.8. The Kier molecular flexibility index (Phi) is 14.5. The van der Waals surface area contributed by atoms with Crippen molar-refractivity contribution in [2.45, 2.75) is 104 Å². The lowest BCUT2D eigenvalue weighted by molar-refractivity contribution is -0.134. The van der Waals surface area contributed by atoms with Crippen molar-refractivity contribution in [3.8, 4) is 22.6 Å². The van der Waals surface area contributed by atoms with E-state index in [1.807, 2.05) is 31.2 Å². The zero-order valence-electron chi connectivity index (χ0n) is 25.9. The number of carbonyl (C=O) groups is 3. The van der Waals surface area contributed by atoms with Crippen LogP contribution in [0.25, 0.3) is 11.1 Å². The van der Waals surface area contributed by atoms with Gasteiger partial charge in [0.15, 0.2) is 0 Å². The fourth-order valence-electron chi connectivity index (χ4n) is 4.74. The Morgan fingerprint density at radius 1 is 0.558 bits per heavy atom. The predicted molar refractivity (Wildman–Crippen MR) is 171 cm³/mol. The molecule has 0 aliphatic carbocycles. The SMILES string of the molecule is CCCCCCCCC(=O)Oc1ccc(-c2ccc(C(=O)Oc3ccc(C(=O)OC(C)CCCCCC)cc3)cc2)cc1. The highest BCUT2D eigenvalue weighted by atomic mass is 16.5. The number of ether oxygens (including phenoxy) is 3. The van der Waals surface area contributed by atoms with Gasteiger partial charge in [-0.3, -0.25) is 4.79 Å². The number of esters is 3. The summed E-state index contributed by atoms with van der Waals surface area (Å²) in [5.74, 6) is -0.203. The van der Waals surface area contributed by atoms with Crippen LogP contribution < -0.4 is 9.47 Å². The lowest BCUT2D eigenvalue weighted by Crippen LogP contribution is -2.15. The third-order valence-electron chi connectivity index (χ3n) is 7.35. The van der Waals surface area contributed by atoms with Crippen LogP contribution in [0.2, 0.25) is 0 Å². The van der Waals surface area contributed by atoms with E-state index < -0.39 is 5.97 Å². The van der Waals surface area contributed by atoms with Crippen LogP contribution in [0.15, 0.2) is 72.8 Å². The quantitative estimate of drug-likeness (QED) is 0.0839. The molecule has 0 aliphatic heterocycles. The van der Waals surface area contributed by atoms with Crippen LogP contribution in [-0.4, -0.2) is 24.0 Å². The largest absolute Gasteiger partial charge is 0.459 e. The second-order valence-electron chi connectivity index (χ2n) is 11.1. The van der Waals surface area contributed by atoms with Crippen LogP contribution in [0.1, 0.15) is 119 Å². The van der Waals surface area contributed by atoms with Crippen molar-refractivity contribution in [1.82, 2.24) is 0 Å². The summed E-state index contributed by atoms with van der Waals surface area (Å²) in [6.07, 6.45) is 12.4. The van der Waals surface area contributed by atoms with Crippen molar-refractivity contribution in [2.75, 3.05) is 0 Å². The van der Waals surface area contributed by atoms with Crippen LogP contribution in [0.3, 0.4) is 0 Å². The van der Waals surface area contributed by atoms with Crippen molar-refractivity contribution < 1.29 is 28.6 Å². The third kappa shape index (κ3) is 12.1. The zero-order chi connectivity index (χ0) is 30.9. The van der Waals surface area contributed by atoms with E-state index in [-0.39, 0.29) is 18.0 Å². The molecule has 0 heterocycles. The maximum atomic E-state index is 12.7. The molecule has 0 spiro atoms.